The quantitative estimate of drug-likeness (QED) is 0.820. The molecule has 1 N–H and O–H groups in total. The third kappa shape index (κ3) is 3.62. The SMILES string of the molecule is Fc1cccc(CC2CCCCC2CNC2CC2)c1Br. The van der Waals surface area contributed by atoms with Gasteiger partial charge in [0.2, 0.25) is 0 Å². The van der Waals surface area contributed by atoms with Crippen LogP contribution in [0.1, 0.15) is 44.1 Å². The molecule has 2 unspecified atom stereocenters. The van der Waals surface area contributed by atoms with Gasteiger partial charge in [-0.3, -0.25) is 0 Å². The normalized spacial score (nSPS) is 26.7. The summed E-state index contributed by atoms with van der Waals surface area (Å²) in [5.41, 5.74) is 1.13. The molecular formula is C17H23BrFN. The highest BCUT2D eigenvalue weighted by atomic mass is 79.9. The Morgan fingerprint density at radius 1 is 1.10 bits per heavy atom. The van der Waals surface area contributed by atoms with Gasteiger partial charge in [-0.2, -0.15) is 0 Å². The van der Waals surface area contributed by atoms with Crippen LogP contribution < -0.4 is 5.32 Å². The minimum atomic E-state index is -0.133. The van der Waals surface area contributed by atoms with Crippen LogP contribution in [-0.4, -0.2) is 12.6 Å². The average molecular weight is 340 g/mol. The first-order valence-corrected chi connectivity index (χ1v) is 8.69. The molecule has 0 bridgehead atoms. The molecule has 1 nitrogen and oxygen atoms in total. The third-order valence-corrected chi connectivity index (χ3v) is 5.71. The zero-order valence-electron chi connectivity index (χ0n) is 11.9. The van der Waals surface area contributed by atoms with Crippen molar-refractivity contribution in [2.24, 2.45) is 11.8 Å². The lowest BCUT2D eigenvalue weighted by Crippen LogP contribution is -2.32. The summed E-state index contributed by atoms with van der Waals surface area (Å²) in [6, 6.07) is 6.21. The predicted octanol–water partition coefficient (Wildman–Crippen LogP) is 4.69. The van der Waals surface area contributed by atoms with Crippen LogP contribution in [0, 0.1) is 17.7 Å². The molecular weight excluding hydrogens is 317 g/mol. The Bertz CT molecular complexity index is 458. The molecule has 2 saturated carbocycles. The maximum atomic E-state index is 13.6. The smallest absolute Gasteiger partial charge is 0.137 e. The zero-order valence-corrected chi connectivity index (χ0v) is 13.5. The van der Waals surface area contributed by atoms with Crippen molar-refractivity contribution in [3.63, 3.8) is 0 Å². The highest BCUT2D eigenvalue weighted by Gasteiger charge is 2.28. The van der Waals surface area contributed by atoms with E-state index in [1.165, 1.54) is 44.6 Å². The van der Waals surface area contributed by atoms with Gasteiger partial charge in [0.05, 0.1) is 4.47 Å². The molecule has 0 saturated heterocycles. The second kappa shape index (κ2) is 6.57. The highest BCUT2D eigenvalue weighted by molar-refractivity contribution is 9.10. The minimum absolute atomic E-state index is 0.133. The van der Waals surface area contributed by atoms with Gasteiger partial charge in [0, 0.05) is 6.04 Å². The van der Waals surface area contributed by atoms with E-state index in [2.05, 4.69) is 27.3 Å². The van der Waals surface area contributed by atoms with Gasteiger partial charge in [0.15, 0.2) is 0 Å². The van der Waals surface area contributed by atoms with Gasteiger partial charge in [-0.25, -0.2) is 4.39 Å². The number of benzene rings is 1. The fraction of sp³-hybridized carbons (Fsp3) is 0.647. The van der Waals surface area contributed by atoms with E-state index in [0.29, 0.717) is 10.4 Å². The Hall–Kier alpha value is -0.410. The molecule has 2 aliphatic carbocycles. The van der Waals surface area contributed by atoms with Crippen LogP contribution in [0.2, 0.25) is 0 Å². The van der Waals surface area contributed by atoms with Crippen LogP contribution in [0.5, 0.6) is 0 Å². The number of halogens is 2. The summed E-state index contributed by atoms with van der Waals surface area (Å²) in [5.74, 6) is 1.33. The van der Waals surface area contributed by atoms with E-state index in [4.69, 9.17) is 0 Å². The van der Waals surface area contributed by atoms with E-state index in [1.54, 1.807) is 0 Å². The lowest BCUT2D eigenvalue weighted by molar-refractivity contribution is 0.227. The van der Waals surface area contributed by atoms with E-state index in [0.717, 1.165) is 30.5 Å². The maximum absolute atomic E-state index is 13.6. The topological polar surface area (TPSA) is 12.0 Å². The molecule has 1 aromatic carbocycles. The van der Waals surface area contributed by atoms with Crippen LogP contribution in [0.25, 0.3) is 0 Å². The molecule has 0 aromatic heterocycles. The van der Waals surface area contributed by atoms with E-state index in [-0.39, 0.29) is 5.82 Å². The lowest BCUT2D eigenvalue weighted by Gasteiger charge is -2.32. The highest BCUT2D eigenvalue weighted by Crippen LogP contribution is 2.35. The summed E-state index contributed by atoms with van der Waals surface area (Å²) in [6.45, 7) is 1.16. The van der Waals surface area contributed by atoms with Crippen molar-refractivity contribution in [2.45, 2.75) is 51.0 Å². The largest absolute Gasteiger partial charge is 0.314 e. The van der Waals surface area contributed by atoms with Gasteiger partial charge >= 0.3 is 0 Å². The first-order chi connectivity index (χ1) is 9.74. The van der Waals surface area contributed by atoms with E-state index in [9.17, 15) is 4.39 Å². The fourth-order valence-electron chi connectivity index (χ4n) is 3.42. The van der Waals surface area contributed by atoms with Gasteiger partial charge in [0.25, 0.3) is 0 Å². The van der Waals surface area contributed by atoms with E-state index >= 15 is 0 Å². The van der Waals surface area contributed by atoms with Crippen molar-refractivity contribution in [2.75, 3.05) is 6.54 Å². The summed E-state index contributed by atoms with van der Waals surface area (Å²) < 4.78 is 14.3. The molecule has 2 atom stereocenters. The zero-order chi connectivity index (χ0) is 13.9. The lowest BCUT2D eigenvalue weighted by atomic mass is 9.76. The average Bonchev–Trinajstić information content (AvgIpc) is 3.27. The minimum Gasteiger partial charge on any atom is -0.314 e. The molecule has 3 heteroatoms. The van der Waals surface area contributed by atoms with Gasteiger partial charge in [-0.05, 0) is 78.0 Å². The van der Waals surface area contributed by atoms with Crippen LogP contribution in [0.4, 0.5) is 4.39 Å². The van der Waals surface area contributed by atoms with Crippen molar-refractivity contribution in [1.82, 2.24) is 5.32 Å². The molecule has 2 aliphatic rings. The molecule has 0 radical (unpaired) electrons. The summed E-state index contributed by atoms with van der Waals surface area (Å²) in [6.07, 6.45) is 9.03. The van der Waals surface area contributed by atoms with Crippen LogP contribution in [0.15, 0.2) is 22.7 Å². The Labute approximate surface area is 129 Å². The summed E-state index contributed by atoms with van der Waals surface area (Å²) in [4.78, 5) is 0. The van der Waals surface area contributed by atoms with Crippen molar-refractivity contribution in [3.05, 3.63) is 34.1 Å². The first-order valence-electron chi connectivity index (χ1n) is 7.90. The Balaban J connectivity index is 1.64. The molecule has 1 aromatic rings. The Morgan fingerprint density at radius 3 is 2.60 bits per heavy atom. The molecule has 0 spiro atoms. The summed E-state index contributed by atoms with van der Waals surface area (Å²) in [7, 11) is 0. The summed E-state index contributed by atoms with van der Waals surface area (Å²) in [5, 5.41) is 3.68. The van der Waals surface area contributed by atoms with Gasteiger partial charge in [-0.15, -0.1) is 0 Å². The molecule has 2 fully saturated rings. The van der Waals surface area contributed by atoms with Crippen LogP contribution in [-0.2, 0) is 6.42 Å². The molecule has 20 heavy (non-hydrogen) atoms. The second-order valence-electron chi connectivity index (χ2n) is 6.40. The van der Waals surface area contributed by atoms with Crippen molar-refractivity contribution >= 4 is 15.9 Å². The number of nitrogens with one attached hydrogen (secondary N) is 1. The Kier molecular flexibility index (Phi) is 4.77. The molecule has 3 rings (SSSR count). The number of hydrogen-bond donors (Lipinski definition) is 1. The number of rotatable bonds is 5. The molecule has 0 aliphatic heterocycles. The fourth-order valence-corrected chi connectivity index (χ4v) is 3.84. The second-order valence-corrected chi connectivity index (χ2v) is 7.20. The van der Waals surface area contributed by atoms with Crippen molar-refractivity contribution < 1.29 is 4.39 Å². The van der Waals surface area contributed by atoms with Crippen LogP contribution >= 0.6 is 15.9 Å². The van der Waals surface area contributed by atoms with Gasteiger partial charge in [0.1, 0.15) is 5.82 Å². The summed E-state index contributed by atoms with van der Waals surface area (Å²) >= 11 is 3.41. The van der Waals surface area contributed by atoms with E-state index < -0.39 is 0 Å². The van der Waals surface area contributed by atoms with Gasteiger partial charge < -0.3 is 5.32 Å². The third-order valence-electron chi connectivity index (χ3n) is 4.83. The van der Waals surface area contributed by atoms with E-state index in [1.807, 2.05) is 6.07 Å². The predicted molar refractivity (Wildman–Crippen MR) is 84.3 cm³/mol. The maximum Gasteiger partial charge on any atom is 0.137 e. The molecule has 0 heterocycles. The van der Waals surface area contributed by atoms with Gasteiger partial charge in [-0.1, -0.05) is 25.0 Å². The molecule has 110 valence electrons. The van der Waals surface area contributed by atoms with Crippen molar-refractivity contribution in [3.8, 4) is 0 Å². The number of hydrogen-bond acceptors (Lipinski definition) is 1. The van der Waals surface area contributed by atoms with Crippen LogP contribution in [0.3, 0.4) is 0 Å². The molecule has 0 amide bonds. The first kappa shape index (κ1) is 14.5. The standard InChI is InChI=1S/C17H23BrFN/c18-17-13(6-3-7-16(17)19)10-12-4-1-2-5-14(12)11-20-15-8-9-15/h3,6-7,12,14-15,20H,1-2,4-5,8-11H2. The Morgan fingerprint density at radius 2 is 1.85 bits per heavy atom. The monoisotopic (exact) mass is 339 g/mol. The van der Waals surface area contributed by atoms with Crippen molar-refractivity contribution in [1.29, 1.82) is 0 Å².